The highest BCUT2D eigenvalue weighted by molar-refractivity contribution is 5.74. The number of halogens is 3. The molecule has 0 fully saturated rings. The molecule has 0 aromatic rings. The molecule has 0 heterocycles. The van der Waals surface area contributed by atoms with Gasteiger partial charge in [0, 0.05) is 0 Å². The number of hydrogen-bond donors (Lipinski definition) is 0. The first-order valence-electron chi connectivity index (χ1n) is 4.74. The van der Waals surface area contributed by atoms with Crippen LogP contribution in [0.1, 0.15) is 34.6 Å². The molecule has 15 heavy (non-hydrogen) atoms. The lowest BCUT2D eigenvalue weighted by atomic mass is 9.95. The van der Waals surface area contributed by atoms with Gasteiger partial charge in [-0.1, -0.05) is 13.8 Å². The van der Waals surface area contributed by atoms with Crippen LogP contribution >= 0.6 is 0 Å². The van der Waals surface area contributed by atoms with E-state index in [2.05, 4.69) is 0 Å². The second kappa shape index (κ2) is 4.41. The lowest BCUT2D eigenvalue weighted by Crippen LogP contribution is -2.39. The van der Waals surface area contributed by atoms with Crippen molar-refractivity contribution in [2.24, 2.45) is 11.8 Å². The summed E-state index contributed by atoms with van der Waals surface area (Å²) in [5.41, 5.74) is -0.893. The van der Waals surface area contributed by atoms with Crippen LogP contribution in [0.15, 0.2) is 0 Å². The van der Waals surface area contributed by atoms with Crippen LogP contribution in [0.25, 0.3) is 0 Å². The summed E-state index contributed by atoms with van der Waals surface area (Å²) < 4.78 is 42.2. The molecule has 1 atom stereocenters. The Morgan fingerprint density at radius 2 is 1.53 bits per heavy atom. The summed E-state index contributed by atoms with van der Waals surface area (Å²) in [4.78, 5) is 11.3. The van der Waals surface area contributed by atoms with E-state index in [0.717, 1.165) is 0 Å². The minimum Gasteiger partial charge on any atom is -0.459 e. The Hall–Kier alpha value is -0.740. The van der Waals surface area contributed by atoms with Crippen molar-refractivity contribution < 1.29 is 22.7 Å². The Kier molecular flexibility index (Phi) is 4.19. The smallest absolute Gasteiger partial charge is 0.402 e. The maximum absolute atomic E-state index is 12.5. The molecule has 0 aliphatic rings. The molecule has 5 heteroatoms. The molecule has 0 bridgehead atoms. The minimum atomic E-state index is -4.55. The standard InChI is InChI=1S/C10H17F3O2/c1-6(2)7(10(11,12)13)8(14)15-9(3,4)5/h6-7H,1-5H3/t7-/m0/s1. The first kappa shape index (κ1) is 14.3. The number of ether oxygens (including phenoxy) is 1. The van der Waals surface area contributed by atoms with E-state index in [1.807, 2.05) is 0 Å². The number of carbonyl (C=O) groups excluding carboxylic acids is 1. The highest BCUT2D eigenvalue weighted by Crippen LogP contribution is 2.33. The van der Waals surface area contributed by atoms with Crippen molar-refractivity contribution in [3.63, 3.8) is 0 Å². The summed E-state index contributed by atoms with van der Waals surface area (Å²) in [6.45, 7) is 7.32. The predicted octanol–water partition coefficient (Wildman–Crippen LogP) is 3.16. The second-order valence-corrected chi connectivity index (χ2v) is 4.80. The number of esters is 1. The van der Waals surface area contributed by atoms with Gasteiger partial charge < -0.3 is 4.74 Å². The van der Waals surface area contributed by atoms with E-state index in [9.17, 15) is 18.0 Å². The molecule has 0 aromatic heterocycles. The third-order valence-corrected chi connectivity index (χ3v) is 1.68. The number of carbonyl (C=O) groups is 1. The first-order chi connectivity index (χ1) is 6.45. The molecule has 0 spiro atoms. The van der Waals surface area contributed by atoms with Gasteiger partial charge in [0.05, 0.1) is 0 Å². The molecule has 0 saturated heterocycles. The Morgan fingerprint density at radius 1 is 1.13 bits per heavy atom. The van der Waals surface area contributed by atoms with Crippen molar-refractivity contribution >= 4 is 5.97 Å². The van der Waals surface area contributed by atoms with Crippen molar-refractivity contribution in [1.29, 1.82) is 0 Å². The first-order valence-corrected chi connectivity index (χ1v) is 4.74. The van der Waals surface area contributed by atoms with Crippen molar-refractivity contribution in [3.05, 3.63) is 0 Å². The third kappa shape index (κ3) is 5.04. The molecule has 90 valence electrons. The van der Waals surface area contributed by atoms with E-state index in [1.165, 1.54) is 13.8 Å². The third-order valence-electron chi connectivity index (χ3n) is 1.68. The van der Waals surface area contributed by atoms with Crippen LogP contribution in [0.5, 0.6) is 0 Å². The molecule has 0 saturated carbocycles. The van der Waals surface area contributed by atoms with Crippen LogP contribution in [-0.2, 0) is 9.53 Å². The Morgan fingerprint density at radius 3 is 1.73 bits per heavy atom. The lowest BCUT2D eigenvalue weighted by molar-refractivity contribution is -0.211. The molecule has 0 unspecified atom stereocenters. The van der Waals surface area contributed by atoms with Crippen LogP contribution in [0.4, 0.5) is 13.2 Å². The van der Waals surface area contributed by atoms with Gasteiger partial charge in [0.15, 0.2) is 5.92 Å². The zero-order valence-corrected chi connectivity index (χ0v) is 9.61. The SMILES string of the molecule is CC(C)[C@@H](C(=O)OC(C)(C)C)C(F)(F)F. The van der Waals surface area contributed by atoms with Gasteiger partial charge in [0.2, 0.25) is 0 Å². The summed E-state index contributed by atoms with van der Waals surface area (Å²) in [5, 5.41) is 0. The summed E-state index contributed by atoms with van der Waals surface area (Å²) in [7, 11) is 0. The van der Waals surface area contributed by atoms with Gasteiger partial charge in [-0.2, -0.15) is 13.2 Å². The zero-order chi connectivity index (χ0) is 12.4. The summed E-state index contributed by atoms with van der Waals surface area (Å²) in [5.74, 6) is -4.07. The van der Waals surface area contributed by atoms with Crippen LogP contribution in [0.3, 0.4) is 0 Å². The van der Waals surface area contributed by atoms with Gasteiger partial charge in [0.25, 0.3) is 0 Å². The summed E-state index contributed by atoms with van der Waals surface area (Å²) >= 11 is 0. The number of rotatable bonds is 2. The number of hydrogen-bond acceptors (Lipinski definition) is 2. The normalized spacial score (nSPS) is 15.3. The molecular formula is C10H17F3O2. The van der Waals surface area contributed by atoms with E-state index in [0.29, 0.717) is 0 Å². The van der Waals surface area contributed by atoms with Crippen molar-refractivity contribution in [2.45, 2.75) is 46.4 Å². The average Bonchev–Trinajstić information content (AvgIpc) is 1.74. The average molecular weight is 226 g/mol. The Bertz CT molecular complexity index is 226. The Labute approximate surface area is 87.8 Å². The van der Waals surface area contributed by atoms with Crippen molar-refractivity contribution in [2.75, 3.05) is 0 Å². The monoisotopic (exact) mass is 226 g/mol. The molecule has 0 radical (unpaired) electrons. The maximum Gasteiger partial charge on any atom is 0.402 e. The minimum absolute atomic E-state index is 0.820. The van der Waals surface area contributed by atoms with E-state index in [-0.39, 0.29) is 0 Å². The molecule has 2 nitrogen and oxygen atoms in total. The van der Waals surface area contributed by atoms with Crippen LogP contribution < -0.4 is 0 Å². The summed E-state index contributed by atoms with van der Waals surface area (Å²) in [6.07, 6.45) is -4.55. The van der Waals surface area contributed by atoms with E-state index < -0.39 is 29.6 Å². The fourth-order valence-corrected chi connectivity index (χ4v) is 1.15. The zero-order valence-electron chi connectivity index (χ0n) is 9.61. The fourth-order valence-electron chi connectivity index (χ4n) is 1.15. The molecule has 0 N–H and O–H groups in total. The van der Waals surface area contributed by atoms with E-state index in [4.69, 9.17) is 4.74 Å². The topological polar surface area (TPSA) is 26.3 Å². The second-order valence-electron chi connectivity index (χ2n) is 4.80. The Balaban J connectivity index is 4.74. The van der Waals surface area contributed by atoms with Gasteiger partial charge in [-0.15, -0.1) is 0 Å². The van der Waals surface area contributed by atoms with Crippen LogP contribution in [0, 0.1) is 11.8 Å². The van der Waals surface area contributed by atoms with Crippen LogP contribution in [-0.4, -0.2) is 17.7 Å². The van der Waals surface area contributed by atoms with E-state index in [1.54, 1.807) is 20.8 Å². The molecule has 0 aliphatic carbocycles. The van der Waals surface area contributed by atoms with E-state index >= 15 is 0 Å². The largest absolute Gasteiger partial charge is 0.459 e. The maximum atomic E-state index is 12.5. The number of alkyl halides is 3. The van der Waals surface area contributed by atoms with Crippen molar-refractivity contribution in [3.8, 4) is 0 Å². The van der Waals surface area contributed by atoms with Gasteiger partial charge in [-0.25, -0.2) is 0 Å². The van der Waals surface area contributed by atoms with Crippen molar-refractivity contribution in [1.82, 2.24) is 0 Å². The van der Waals surface area contributed by atoms with Gasteiger partial charge in [-0.3, -0.25) is 4.79 Å². The molecule has 0 rings (SSSR count). The fraction of sp³-hybridized carbons (Fsp3) is 0.900. The molecule has 0 amide bonds. The summed E-state index contributed by atoms with van der Waals surface area (Å²) in [6, 6.07) is 0. The molecule has 0 aromatic carbocycles. The van der Waals surface area contributed by atoms with Gasteiger partial charge in [0.1, 0.15) is 5.60 Å². The highest BCUT2D eigenvalue weighted by Gasteiger charge is 2.48. The molecule has 0 aliphatic heterocycles. The lowest BCUT2D eigenvalue weighted by Gasteiger charge is -2.27. The van der Waals surface area contributed by atoms with Gasteiger partial charge >= 0.3 is 12.1 Å². The predicted molar refractivity (Wildman–Crippen MR) is 50.2 cm³/mol. The van der Waals surface area contributed by atoms with Gasteiger partial charge in [-0.05, 0) is 26.7 Å². The highest BCUT2D eigenvalue weighted by atomic mass is 19.4. The molecular weight excluding hydrogens is 209 g/mol. The van der Waals surface area contributed by atoms with Crippen LogP contribution in [0.2, 0.25) is 0 Å². The quantitative estimate of drug-likeness (QED) is 0.676.